The first-order chi connectivity index (χ1) is 17.8. The van der Waals surface area contributed by atoms with Crippen LogP contribution in [0.15, 0.2) is 66.7 Å². The molecule has 0 saturated carbocycles. The summed E-state index contributed by atoms with van der Waals surface area (Å²) in [6.45, 7) is 4.93. The molecule has 1 aliphatic rings. The number of aliphatic hydroxyl groups is 1. The van der Waals surface area contributed by atoms with Crippen LogP contribution in [0, 0.1) is 11.3 Å². The van der Waals surface area contributed by atoms with Crippen molar-refractivity contribution >= 4 is 37.7 Å². The predicted molar refractivity (Wildman–Crippen MR) is 153 cm³/mol. The highest BCUT2D eigenvalue weighted by molar-refractivity contribution is 7.28. The number of likely N-dealkylation sites (N-methyl/N-ethyl adjacent to an activating group) is 1. The lowest BCUT2D eigenvalue weighted by Crippen LogP contribution is -2.50. The number of rotatable bonds is 7. The van der Waals surface area contributed by atoms with Crippen molar-refractivity contribution in [3.63, 3.8) is 0 Å². The van der Waals surface area contributed by atoms with Crippen molar-refractivity contribution < 1.29 is 9.90 Å². The molecule has 37 heavy (non-hydrogen) atoms. The summed E-state index contributed by atoms with van der Waals surface area (Å²) in [7, 11) is 4.48. The van der Waals surface area contributed by atoms with Gasteiger partial charge in [-0.3, -0.25) is 9.69 Å². The van der Waals surface area contributed by atoms with Crippen LogP contribution >= 0.6 is 20.8 Å². The zero-order valence-electron chi connectivity index (χ0n) is 21.1. The maximum atomic E-state index is 12.7. The normalized spacial score (nSPS) is 16.8. The Bertz CT molecular complexity index is 1280. The number of benzene rings is 3. The minimum Gasteiger partial charge on any atom is -0.395 e. The Hall–Kier alpha value is -2.94. The summed E-state index contributed by atoms with van der Waals surface area (Å²) in [6, 6.07) is 24.1. The molecule has 0 aliphatic carbocycles. The van der Waals surface area contributed by atoms with E-state index in [1.807, 2.05) is 54.6 Å². The number of nitriles is 1. The van der Waals surface area contributed by atoms with E-state index >= 15 is 0 Å². The van der Waals surface area contributed by atoms with E-state index in [-0.39, 0.29) is 24.6 Å². The Labute approximate surface area is 226 Å². The van der Waals surface area contributed by atoms with Crippen LogP contribution in [0.25, 0.3) is 0 Å². The van der Waals surface area contributed by atoms with Gasteiger partial charge in [0.25, 0.3) is 5.91 Å². The van der Waals surface area contributed by atoms with Crippen LogP contribution in [-0.4, -0.2) is 60.6 Å². The second-order valence-corrected chi connectivity index (χ2v) is 10.4. The van der Waals surface area contributed by atoms with E-state index in [0.717, 1.165) is 30.6 Å². The van der Waals surface area contributed by atoms with Crippen molar-refractivity contribution in [2.75, 3.05) is 44.7 Å². The van der Waals surface area contributed by atoms with Gasteiger partial charge in [0.05, 0.1) is 24.3 Å². The van der Waals surface area contributed by atoms with Crippen LogP contribution in [-0.2, 0) is 0 Å². The molecule has 0 radical (unpaired) electrons. The Morgan fingerprint density at radius 3 is 2.49 bits per heavy atom. The number of carbonyl (C=O) groups excluding carboxylic acids is 1. The zero-order valence-corrected chi connectivity index (χ0v) is 23.1. The molecule has 3 aromatic rings. The topological polar surface area (TPSA) is 70.8 Å². The number of carbonyl (C=O) groups is 1. The monoisotopic (exact) mass is 534 g/mol. The van der Waals surface area contributed by atoms with Gasteiger partial charge in [-0.05, 0) is 65.8 Å². The SMILES string of the molecule is CC(c1ccc(C#N)cc1)N1CCN(c2ccc(C(=O)N(C)CCO)cc2P)[C@H](c2ccc(Cl)cc2)C1. The maximum absolute atomic E-state index is 12.7. The van der Waals surface area contributed by atoms with Crippen molar-refractivity contribution in [1.29, 1.82) is 5.26 Å². The highest BCUT2D eigenvalue weighted by Gasteiger charge is 2.32. The summed E-state index contributed by atoms with van der Waals surface area (Å²) in [5.74, 6) is -0.111. The zero-order chi connectivity index (χ0) is 26.5. The van der Waals surface area contributed by atoms with Gasteiger partial charge >= 0.3 is 0 Å². The summed E-state index contributed by atoms with van der Waals surface area (Å²) < 4.78 is 0. The number of nitrogens with zero attached hydrogens (tertiary/aromatic N) is 4. The molecule has 3 aromatic carbocycles. The van der Waals surface area contributed by atoms with Crippen molar-refractivity contribution in [2.24, 2.45) is 0 Å². The molecule has 1 N–H and O–H groups in total. The Balaban J connectivity index is 1.62. The number of aliphatic hydroxyl groups excluding tert-OH is 1. The molecule has 3 atom stereocenters. The molecule has 0 aromatic heterocycles. The molecule has 2 unspecified atom stereocenters. The van der Waals surface area contributed by atoms with Gasteiger partial charge in [0.15, 0.2) is 0 Å². The number of hydrogen-bond donors (Lipinski definition) is 1. The quantitative estimate of drug-likeness (QED) is 0.455. The number of halogens is 1. The van der Waals surface area contributed by atoms with Gasteiger partial charge in [0.1, 0.15) is 0 Å². The fraction of sp³-hybridized carbons (Fsp3) is 0.310. The standard InChI is InChI=1S/C29H32ClN4O2P/c1-20(22-5-3-21(18-31)4-6-22)33-13-14-34(27(19-33)23-7-10-25(30)11-8-23)26-12-9-24(17-28(26)37)29(36)32(2)15-16-35/h3-12,17,20,27,35H,13-16,19,37H2,1-2H3/t20?,27-/m0/s1. The fourth-order valence-electron chi connectivity index (χ4n) is 4.88. The average molecular weight is 535 g/mol. The minimum absolute atomic E-state index is 0.0675. The average Bonchev–Trinajstić information content (AvgIpc) is 2.92. The molecule has 1 saturated heterocycles. The lowest BCUT2D eigenvalue weighted by Gasteiger charge is -2.45. The largest absolute Gasteiger partial charge is 0.395 e. The van der Waals surface area contributed by atoms with Crippen molar-refractivity contribution in [1.82, 2.24) is 9.80 Å². The minimum atomic E-state index is -0.111. The summed E-state index contributed by atoms with van der Waals surface area (Å²) in [5.41, 5.74) is 4.69. The number of hydrogen-bond acceptors (Lipinski definition) is 5. The van der Waals surface area contributed by atoms with Gasteiger partial charge in [0, 0.05) is 55.5 Å². The van der Waals surface area contributed by atoms with Gasteiger partial charge in [-0.2, -0.15) is 5.26 Å². The van der Waals surface area contributed by atoms with Gasteiger partial charge in [-0.1, -0.05) is 35.9 Å². The molecular formula is C29H32ClN4O2P. The lowest BCUT2D eigenvalue weighted by molar-refractivity contribution is 0.0767. The third kappa shape index (κ3) is 6.14. The highest BCUT2D eigenvalue weighted by Crippen LogP contribution is 2.35. The van der Waals surface area contributed by atoms with Gasteiger partial charge in [0.2, 0.25) is 0 Å². The van der Waals surface area contributed by atoms with E-state index in [4.69, 9.17) is 16.9 Å². The van der Waals surface area contributed by atoms with Crippen LogP contribution in [0.4, 0.5) is 5.69 Å². The number of anilines is 1. The third-order valence-corrected chi connectivity index (χ3v) is 7.82. The van der Waals surface area contributed by atoms with Crippen molar-refractivity contribution in [2.45, 2.75) is 19.0 Å². The summed E-state index contributed by atoms with van der Waals surface area (Å²) in [6.07, 6.45) is 0. The van der Waals surface area contributed by atoms with Crippen LogP contribution in [0.2, 0.25) is 5.02 Å². The van der Waals surface area contributed by atoms with Crippen LogP contribution < -0.4 is 10.2 Å². The molecule has 6 nitrogen and oxygen atoms in total. The first-order valence-corrected chi connectivity index (χ1v) is 13.3. The van der Waals surface area contributed by atoms with Gasteiger partial charge in [-0.25, -0.2) is 0 Å². The van der Waals surface area contributed by atoms with E-state index in [2.05, 4.69) is 44.2 Å². The summed E-state index contributed by atoms with van der Waals surface area (Å²) >= 11 is 6.21. The Morgan fingerprint density at radius 2 is 1.86 bits per heavy atom. The molecule has 8 heteroatoms. The van der Waals surface area contributed by atoms with Crippen LogP contribution in [0.5, 0.6) is 0 Å². The Kier molecular flexibility index (Phi) is 8.84. The van der Waals surface area contributed by atoms with E-state index in [1.165, 1.54) is 16.0 Å². The molecule has 1 heterocycles. The van der Waals surface area contributed by atoms with E-state index in [9.17, 15) is 9.90 Å². The molecule has 4 rings (SSSR count). The third-order valence-electron chi connectivity index (χ3n) is 7.10. The summed E-state index contributed by atoms with van der Waals surface area (Å²) in [4.78, 5) is 19.1. The van der Waals surface area contributed by atoms with E-state index in [1.54, 1.807) is 7.05 Å². The molecule has 1 fully saturated rings. The van der Waals surface area contributed by atoms with Gasteiger partial charge in [-0.15, -0.1) is 9.24 Å². The molecule has 1 amide bonds. The second-order valence-electron chi connectivity index (χ2n) is 9.39. The Morgan fingerprint density at radius 1 is 1.16 bits per heavy atom. The first-order valence-electron chi connectivity index (χ1n) is 12.3. The number of amides is 1. The molecule has 0 bridgehead atoms. The number of piperazine rings is 1. The van der Waals surface area contributed by atoms with Crippen molar-refractivity contribution in [3.05, 3.63) is 94.0 Å². The van der Waals surface area contributed by atoms with E-state index < -0.39 is 0 Å². The molecular weight excluding hydrogens is 503 g/mol. The highest BCUT2D eigenvalue weighted by atomic mass is 35.5. The molecule has 0 spiro atoms. The fourth-order valence-corrected chi connectivity index (χ4v) is 5.45. The second kappa shape index (κ2) is 12.1. The van der Waals surface area contributed by atoms with Gasteiger partial charge < -0.3 is 14.9 Å². The predicted octanol–water partition coefficient (Wildman–Crippen LogP) is 4.40. The van der Waals surface area contributed by atoms with Crippen LogP contribution in [0.3, 0.4) is 0 Å². The summed E-state index contributed by atoms with van der Waals surface area (Å²) in [5, 5.41) is 20.0. The molecule has 192 valence electrons. The smallest absolute Gasteiger partial charge is 0.253 e. The van der Waals surface area contributed by atoms with Crippen molar-refractivity contribution in [3.8, 4) is 6.07 Å². The van der Waals surface area contributed by atoms with E-state index in [0.29, 0.717) is 22.7 Å². The lowest BCUT2D eigenvalue weighted by atomic mass is 9.98. The molecule has 1 aliphatic heterocycles. The first kappa shape index (κ1) is 27.1. The van der Waals surface area contributed by atoms with Crippen LogP contribution in [0.1, 0.15) is 46.1 Å². The maximum Gasteiger partial charge on any atom is 0.253 e.